The van der Waals surface area contributed by atoms with Crippen LogP contribution in [0, 0.1) is 6.92 Å². The zero-order valence-corrected chi connectivity index (χ0v) is 15.2. The van der Waals surface area contributed by atoms with Gasteiger partial charge < -0.3 is 20.3 Å². The van der Waals surface area contributed by atoms with Crippen LogP contribution < -0.4 is 15.2 Å². The number of aromatic hydroxyl groups is 1. The van der Waals surface area contributed by atoms with E-state index in [-0.39, 0.29) is 24.1 Å². The van der Waals surface area contributed by atoms with Crippen molar-refractivity contribution in [2.45, 2.75) is 39.9 Å². The second-order valence-electron chi connectivity index (χ2n) is 6.25. The van der Waals surface area contributed by atoms with Gasteiger partial charge in [0, 0.05) is 23.9 Å². The second kappa shape index (κ2) is 7.47. The highest BCUT2D eigenvalue weighted by atomic mass is 16.5. The van der Waals surface area contributed by atoms with Crippen molar-refractivity contribution in [3.8, 4) is 17.2 Å². The van der Waals surface area contributed by atoms with E-state index in [1.165, 1.54) is 6.07 Å². The molecular formula is C20H23N3O3. The Bertz CT molecular complexity index is 928. The van der Waals surface area contributed by atoms with Crippen molar-refractivity contribution in [3.05, 3.63) is 47.8 Å². The minimum Gasteiger partial charge on any atom is -0.506 e. The minimum absolute atomic E-state index is 0.0144. The molecule has 0 aliphatic carbocycles. The highest BCUT2D eigenvalue weighted by Crippen LogP contribution is 2.32. The number of pyridine rings is 2. The van der Waals surface area contributed by atoms with Gasteiger partial charge in [-0.25, -0.2) is 4.98 Å². The lowest BCUT2D eigenvalue weighted by Crippen LogP contribution is -2.10. The summed E-state index contributed by atoms with van der Waals surface area (Å²) in [7, 11) is 0. The van der Waals surface area contributed by atoms with Crippen LogP contribution in [-0.4, -0.2) is 21.2 Å². The molecule has 0 radical (unpaired) electrons. The third-order valence-corrected chi connectivity index (χ3v) is 4.24. The number of aryl methyl sites for hydroxylation is 1. The number of phenolic OH excluding ortho intramolecular Hbond substituents is 1. The molecule has 0 spiro atoms. The van der Waals surface area contributed by atoms with E-state index in [1.807, 2.05) is 39.0 Å². The summed E-state index contributed by atoms with van der Waals surface area (Å²) in [5.41, 5.74) is 9.28. The first-order valence-electron chi connectivity index (χ1n) is 8.61. The predicted molar refractivity (Wildman–Crippen MR) is 102 cm³/mol. The van der Waals surface area contributed by atoms with Crippen molar-refractivity contribution in [1.82, 2.24) is 9.97 Å². The lowest BCUT2D eigenvalue weighted by molar-refractivity contribution is 0.216. The molecule has 1 unspecified atom stereocenters. The number of nitrogen functional groups attached to an aromatic ring is 1. The van der Waals surface area contributed by atoms with Gasteiger partial charge in [0.1, 0.15) is 23.9 Å². The molecule has 6 heteroatoms. The van der Waals surface area contributed by atoms with Gasteiger partial charge in [-0.3, -0.25) is 4.98 Å². The molecule has 26 heavy (non-hydrogen) atoms. The van der Waals surface area contributed by atoms with Crippen molar-refractivity contribution in [2.24, 2.45) is 0 Å². The predicted octanol–water partition coefficient (Wildman–Crippen LogP) is 3.98. The molecule has 0 saturated heterocycles. The minimum atomic E-state index is -0.0144. The molecule has 0 amide bonds. The second-order valence-corrected chi connectivity index (χ2v) is 6.25. The summed E-state index contributed by atoms with van der Waals surface area (Å²) in [5, 5.41) is 10.1. The maximum Gasteiger partial charge on any atom is 0.143 e. The fraction of sp³-hybridized carbons (Fsp3) is 0.300. The van der Waals surface area contributed by atoms with Crippen LogP contribution in [0.25, 0.3) is 11.0 Å². The summed E-state index contributed by atoms with van der Waals surface area (Å²) in [5.74, 6) is 1.18. The van der Waals surface area contributed by atoms with Crippen molar-refractivity contribution in [3.63, 3.8) is 0 Å². The molecule has 0 saturated carbocycles. The SMILES string of the molecule is CCC(C)Oc1cc(O)c(N)c(COc2cc3ncccc3nc2C)c1. The topological polar surface area (TPSA) is 90.5 Å². The summed E-state index contributed by atoms with van der Waals surface area (Å²) in [6.45, 7) is 6.08. The molecule has 1 aromatic carbocycles. The number of rotatable bonds is 6. The largest absolute Gasteiger partial charge is 0.506 e. The van der Waals surface area contributed by atoms with Crippen molar-refractivity contribution in [2.75, 3.05) is 5.73 Å². The Morgan fingerprint density at radius 3 is 2.81 bits per heavy atom. The van der Waals surface area contributed by atoms with E-state index >= 15 is 0 Å². The molecule has 136 valence electrons. The van der Waals surface area contributed by atoms with Gasteiger partial charge in [0.15, 0.2) is 0 Å². The lowest BCUT2D eigenvalue weighted by Gasteiger charge is -2.16. The Kier molecular flexibility index (Phi) is 5.11. The smallest absolute Gasteiger partial charge is 0.143 e. The van der Waals surface area contributed by atoms with E-state index in [0.717, 1.165) is 23.1 Å². The Balaban J connectivity index is 1.84. The summed E-state index contributed by atoms with van der Waals surface area (Å²) in [4.78, 5) is 8.80. The Labute approximate surface area is 152 Å². The molecule has 3 N–H and O–H groups in total. The number of anilines is 1. The van der Waals surface area contributed by atoms with E-state index in [9.17, 15) is 5.11 Å². The average molecular weight is 353 g/mol. The highest BCUT2D eigenvalue weighted by molar-refractivity contribution is 5.75. The quantitative estimate of drug-likeness (QED) is 0.514. The van der Waals surface area contributed by atoms with Crippen LogP contribution in [0.15, 0.2) is 36.5 Å². The fourth-order valence-corrected chi connectivity index (χ4v) is 2.55. The van der Waals surface area contributed by atoms with Gasteiger partial charge in [-0.1, -0.05) is 6.92 Å². The van der Waals surface area contributed by atoms with Gasteiger partial charge in [-0.15, -0.1) is 0 Å². The first-order valence-corrected chi connectivity index (χ1v) is 8.61. The van der Waals surface area contributed by atoms with Gasteiger partial charge in [0.05, 0.1) is 28.5 Å². The normalized spacial score (nSPS) is 12.1. The van der Waals surface area contributed by atoms with Gasteiger partial charge in [0.2, 0.25) is 0 Å². The van der Waals surface area contributed by atoms with Crippen molar-refractivity contribution < 1.29 is 14.6 Å². The number of nitrogens with zero attached hydrogens (tertiary/aromatic N) is 2. The molecule has 2 aromatic heterocycles. The van der Waals surface area contributed by atoms with Crippen molar-refractivity contribution >= 4 is 16.7 Å². The highest BCUT2D eigenvalue weighted by Gasteiger charge is 2.12. The van der Waals surface area contributed by atoms with Gasteiger partial charge >= 0.3 is 0 Å². The molecule has 0 fully saturated rings. The zero-order chi connectivity index (χ0) is 18.7. The third kappa shape index (κ3) is 3.79. The van der Waals surface area contributed by atoms with Crippen LogP contribution in [0.4, 0.5) is 5.69 Å². The summed E-state index contributed by atoms with van der Waals surface area (Å²) in [6, 6.07) is 8.93. The maximum absolute atomic E-state index is 10.1. The maximum atomic E-state index is 10.1. The number of phenols is 1. The first kappa shape index (κ1) is 17.8. The fourth-order valence-electron chi connectivity index (χ4n) is 2.55. The zero-order valence-electron chi connectivity index (χ0n) is 15.2. The van der Waals surface area contributed by atoms with Gasteiger partial charge in [0.25, 0.3) is 0 Å². The molecule has 0 aliphatic rings. The molecule has 0 bridgehead atoms. The number of aromatic nitrogens is 2. The molecule has 1 atom stereocenters. The van der Waals surface area contributed by atoms with E-state index in [1.54, 1.807) is 12.3 Å². The summed E-state index contributed by atoms with van der Waals surface area (Å²) >= 11 is 0. The number of ether oxygens (including phenoxy) is 2. The summed E-state index contributed by atoms with van der Waals surface area (Å²) in [6.07, 6.45) is 2.63. The Hall–Kier alpha value is -3.02. The molecular weight excluding hydrogens is 330 g/mol. The monoisotopic (exact) mass is 353 g/mol. The van der Waals surface area contributed by atoms with E-state index in [4.69, 9.17) is 15.2 Å². The van der Waals surface area contributed by atoms with E-state index in [0.29, 0.717) is 17.1 Å². The lowest BCUT2D eigenvalue weighted by atomic mass is 10.1. The van der Waals surface area contributed by atoms with Crippen LogP contribution in [-0.2, 0) is 6.61 Å². The van der Waals surface area contributed by atoms with Crippen molar-refractivity contribution in [1.29, 1.82) is 0 Å². The number of hydrogen-bond acceptors (Lipinski definition) is 6. The number of nitrogens with two attached hydrogens (primary N) is 1. The number of benzene rings is 1. The molecule has 6 nitrogen and oxygen atoms in total. The average Bonchev–Trinajstić information content (AvgIpc) is 2.63. The first-order chi connectivity index (χ1) is 12.5. The molecule has 2 heterocycles. The van der Waals surface area contributed by atoms with Crippen LogP contribution in [0.3, 0.4) is 0 Å². The Morgan fingerprint density at radius 1 is 1.23 bits per heavy atom. The van der Waals surface area contributed by atoms with Crippen LogP contribution in [0.1, 0.15) is 31.5 Å². The molecule has 0 aliphatic heterocycles. The number of hydrogen-bond donors (Lipinski definition) is 2. The Morgan fingerprint density at radius 2 is 2.04 bits per heavy atom. The standard InChI is InChI=1S/C20H23N3O3/c1-4-12(2)26-15-8-14(20(21)18(24)9-15)11-25-19-10-17-16(23-13(19)3)6-5-7-22-17/h5-10,12,24H,4,11,21H2,1-3H3. The van der Waals surface area contributed by atoms with E-state index in [2.05, 4.69) is 9.97 Å². The number of fused-ring (bicyclic) bond motifs is 1. The van der Waals surface area contributed by atoms with Gasteiger partial charge in [-0.05, 0) is 38.5 Å². The van der Waals surface area contributed by atoms with Crippen LogP contribution >= 0.6 is 0 Å². The van der Waals surface area contributed by atoms with Crippen LogP contribution in [0.5, 0.6) is 17.2 Å². The van der Waals surface area contributed by atoms with E-state index < -0.39 is 0 Å². The third-order valence-electron chi connectivity index (χ3n) is 4.24. The van der Waals surface area contributed by atoms with Gasteiger partial charge in [-0.2, -0.15) is 0 Å². The summed E-state index contributed by atoms with van der Waals surface area (Å²) < 4.78 is 11.7. The molecule has 3 rings (SSSR count). The molecule has 3 aromatic rings. The van der Waals surface area contributed by atoms with Crippen LogP contribution in [0.2, 0.25) is 0 Å².